The van der Waals surface area contributed by atoms with Crippen LogP contribution in [0.4, 0.5) is 5.69 Å². The van der Waals surface area contributed by atoms with Crippen molar-refractivity contribution >= 4 is 11.7 Å². The second-order valence-corrected chi connectivity index (χ2v) is 5.42. The summed E-state index contributed by atoms with van der Waals surface area (Å²) in [5.41, 5.74) is 2.35. The maximum Gasteiger partial charge on any atom is 0.335 e. The predicted octanol–water partition coefficient (Wildman–Crippen LogP) is 2.22. The molecule has 0 aromatic heterocycles. The predicted molar refractivity (Wildman–Crippen MR) is 77.1 cm³/mol. The summed E-state index contributed by atoms with van der Waals surface area (Å²) in [4.78, 5) is 15.8. The summed E-state index contributed by atoms with van der Waals surface area (Å²) in [5, 5.41) is 9.04. The summed E-state index contributed by atoms with van der Waals surface area (Å²) >= 11 is 0. The molecule has 1 aliphatic heterocycles. The summed E-state index contributed by atoms with van der Waals surface area (Å²) in [6.45, 7) is 10.4. The molecule has 1 N–H and O–H groups in total. The maximum absolute atomic E-state index is 11.0. The molecule has 1 fully saturated rings. The third kappa shape index (κ3) is 3.07. The molecule has 0 bridgehead atoms. The molecule has 1 aromatic rings. The highest BCUT2D eigenvalue weighted by molar-refractivity contribution is 5.89. The summed E-state index contributed by atoms with van der Waals surface area (Å²) in [5.74, 6) is -0.853. The van der Waals surface area contributed by atoms with E-state index in [-0.39, 0.29) is 0 Å². The first kappa shape index (κ1) is 13.9. The van der Waals surface area contributed by atoms with Crippen LogP contribution >= 0.6 is 0 Å². The van der Waals surface area contributed by atoms with Gasteiger partial charge in [0, 0.05) is 37.9 Å². The molecule has 0 amide bonds. The average Bonchev–Trinajstić information content (AvgIpc) is 2.38. The number of benzene rings is 1. The Bertz CT molecular complexity index is 463. The standard InChI is InChI=1S/C15H22N2O2/c1-11(2)16-6-8-17(9-7-16)13-4-5-14(15(18)19)12(3)10-13/h4-5,10-11H,6-9H2,1-3H3,(H,18,19). The topological polar surface area (TPSA) is 43.8 Å². The fraction of sp³-hybridized carbons (Fsp3) is 0.533. The molecule has 104 valence electrons. The first-order valence-electron chi connectivity index (χ1n) is 6.82. The highest BCUT2D eigenvalue weighted by Gasteiger charge is 2.19. The van der Waals surface area contributed by atoms with E-state index < -0.39 is 5.97 Å². The average molecular weight is 262 g/mol. The molecular weight excluding hydrogens is 240 g/mol. The zero-order valence-electron chi connectivity index (χ0n) is 11.9. The van der Waals surface area contributed by atoms with Crippen LogP contribution in [0.15, 0.2) is 18.2 Å². The Balaban J connectivity index is 2.08. The summed E-state index contributed by atoms with van der Waals surface area (Å²) in [7, 11) is 0. The number of anilines is 1. The summed E-state index contributed by atoms with van der Waals surface area (Å²) in [6, 6.07) is 6.20. The van der Waals surface area contributed by atoms with E-state index in [9.17, 15) is 4.79 Å². The molecule has 0 spiro atoms. The molecule has 19 heavy (non-hydrogen) atoms. The van der Waals surface area contributed by atoms with Crippen molar-refractivity contribution in [3.05, 3.63) is 29.3 Å². The van der Waals surface area contributed by atoms with Crippen LogP contribution in [0, 0.1) is 6.92 Å². The minimum absolute atomic E-state index is 0.393. The van der Waals surface area contributed by atoms with Crippen molar-refractivity contribution in [2.75, 3.05) is 31.1 Å². The largest absolute Gasteiger partial charge is 0.478 e. The van der Waals surface area contributed by atoms with Gasteiger partial charge in [-0.15, -0.1) is 0 Å². The van der Waals surface area contributed by atoms with Crippen LogP contribution in [-0.4, -0.2) is 48.2 Å². The number of piperazine rings is 1. The van der Waals surface area contributed by atoms with Crippen molar-refractivity contribution < 1.29 is 9.90 Å². The first-order valence-corrected chi connectivity index (χ1v) is 6.82. The van der Waals surface area contributed by atoms with Crippen LogP contribution in [0.3, 0.4) is 0 Å². The van der Waals surface area contributed by atoms with E-state index in [0.29, 0.717) is 11.6 Å². The summed E-state index contributed by atoms with van der Waals surface area (Å²) in [6.07, 6.45) is 0. The fourth-order valence-electron chi connectivity index (χ4n) is 2.58. The second-order valence-electron chi connectivity index (χ2n) is 5.42. The Hall–Kier alpha value is -1.55. The van der Waals surface area contributed by atoms with Gasteiger partial charge in [-0.3, -0.25) is 4.90 Å². The van der Waals surface area contributed by atoms with E-state index >= 15 is 0 Å². The van der Waals surface area contributed by atoms with Crippen LogP contribution in [0.5, 0.6) is 0 Å². The third-order valence-corrected chi connectivity index (χ3v) is 3.85. The van der Waals surface area contributed by atoms with E-state index in [1.807, 2.05) is 19.1 Å². The minimum atomic E-state index is -0.853. The Morgan fingerprint density at radius 2 is 1.84 bits per heavy atom. The quantitative estimate of drug-likeness (QED) is 0.907. The van der Waals surface area contributed by atoms with Crippen molar-refractivity contribution in [3.63, 3.8) is 0 Å². The van der Waals surface area contributed by atoms with Gasteiger partial charge < -0.3 is 10.0 Å². The SMILES string of the molecule is Cc1cc(N2CCN(C(C)C)CC2)ccc1C(=O)O. The Kier molecular flexibility index (Phi) is 4.10. The fourth-order valence-corrected chi connectivity index (χ4v) is 2.58. The van der Waals surface area contributed by atoms with E-state index in [0.717, 1.165) is 37.4 Å². The van der Waals surface area contributed by atoms with Gasteiger partial charge in [-0.25, -0.2) is 4.79 Å². The zero-order chi connectivity index (χ0) is 14.0. The monoisotopic (exact) mass is 262 g/mol. The molecule has 0 saturated carbocycles. The van der Waals surface area contributed by atoms with Crippen LogP contribution in [0.25, 0.3) is 0 Å². The number of aromatic carboxylic acids is 1. The van der Waals surface area contributed by atoms with Gasteiger partial charge in [-0.1, -0.05) is 0 Å². The van der Waals surface area contributed by atoms with Crippen LogP contribution < -0.4 is 4.90 Å². The van der Waals surface area contributed by atoms with Crippen LogP contribution in [-0.2, 0) is 0 Å². The number of aryl methyl sites for hydroxylation is 1. The smallest absolute Gasteiger partial charge is 0.335 e. The van der Waals surface area contributed by atoms with Crippen molar-refractivity contribution in [2.24, 2.45) is 0 Å². The van der Waals surface area contributed by atoms with Gasteiger partial charge in [0.15, 0.2) is 0 Å². The van der Waals surface area contributed by atoms with Gasteiger partial charge in [0.1, 0.15) is 0 Å². The molecule has 1 aliphatic rings. The number of carbonyl (C=O) groups is 1. The number of hydrogen-bond acceptors (Lipinski definition) is 3. The Morgan fingerprint density at radius 3 is 2.32 bits per heavy atom. The lowest BCUT2D eigenvalue weighted by atomic mass is 10.1. The van der Waals surface area contributed by atoms with Gasteiger partial charge >= 0.3 is 5.97 Å². The van der Waals surface area contributed by atoms with Crippen LogP contribution in [0.2, 0.25) is 0 Å². The molecule has 0 atom stereocenters. The number of rotatable bonds is 3. The van der Waals surface area contributed by atoms with E-state index in [1.165, 1.54) is 0 Å². The summed E-state index contributed by atoms with van der Waals surface area (Å²) < 4.78 is 0. The number of nitrogens with zero attached hydrogens (tertiary/aromatic N) is 2. The van der Waals surface area contributed by atoms with Crippen LogP contribution in [0.1, 0.15) is 29.8 Å². The van der Waals surface area contributed by atoms with Crippen molar-refractivity contribution in [1.82, 2.24) is 4.90 Å². The van der Waals surface area contributed by atoms with Crippen molar-refractivity contribution in [3.8, 4) is 0 Å². The zero-order valence-corrected chi connectivity index (χ0v) is 11.9. The molecule has 0 aliphatic carbocycles. The lowest BCUT2D eigenvalue weighted by molar-refractivity contribution is 0.0696. The van der Waals surface area contributed by atoms with E-state index in [2.05, 4.69) is 23.6 Å². The Morgan fingerprint density at radius 1 is 1.21 bits per heavy atom. The molecule has 0 unspecified atom stereocenters. The maximum atomic E-state index is 11.0. The third-order valence-electron chi connectivity index (χ3n) is 3.85. The highest BCUT2D eigenvalue weighted by atomic mass is 16.4. The molecule has 2 rings (SSSR count). The molecular formula is C15H22N2O2. The van der Waals surface area contributed by atoms with Gasteiger partial charge in [0.25, 0.3) is 0 Å². The van der Waals surface area contributed by atoms with E-state index in [4.69, 9.17) is 5.11 Å². The Labute approximate surface area is 114 Å². The first-order chi connectivity index (χ1) is 8.99. The van der Waals surface area contributed by atoms with E-state index in [1.54, 1.807) is 6.07 Å². The molecule has 1 aromatic carbocycles. The molecule has 4 nitrogen and oxygen atoms in total. The molecule has 0 radical (unpaired) electrons. The normalized spacial score (nSPS) is 16.9. The van der Waals surface area contributed by atoms with Gasteiger partial charge in [-0.05, 0) is 44.5 Å². The number of carboxylic acid groups (broad SMARTS) is 1. The molecule has 4 heteroatoms. The van der Waals surface area contributed by atoms with Gasteiger partial charge in [0.2, 0.25) is 0 Å². The molecule has 1 heterocycles. The lowest BCUT2D eigenvalue weighted by Crippen LogP contribution is -2.48. The highest BCUT2D eigenvalue weighted by Crippen LogP contribution is 2.21. The lowest BCUT2D eigenvalue weighted by Gasteiger charge is -2.38. The molecule has 1 saturated heterocycles. The van der Waals surface area contributed by atoms with Crippen molar-refractivity contribution in [1.29, 1.82) is 0 Å². The number of carboxylic acids is 1. The number of hydrogen-bond donors (Lipinski definition) is 1. The second kappa shape index (κ2) is 5.61. The van der Waals surface area contributed by atoms with Gasteiger partial charge in [0.05, 0.1) is 5.56 Å². The van der Waals surface area contributed by atoms with Gasteiger partial charge in [-0.2, -0.15) is 0 Å². The van der Waals surface area contributed by atoms with Crippen molar-refractivity contribution in [2.45, 2.75) is 26.8 Å². The minimum Gasteiger partial charge on any atom is -0.478 e.